The van der Waals surface area contributed by atoms with Crippen LogP contribution in [-0.4, -0.2) is 24.0 Å². The molecular weight excluding hydrogens is 374 g/mol. The van der Waals surface area contributed by atoms with E-state index in [0.29, 0.717) is 11.4 Å². The fourth-order valence-electron chi connectivity index (χ4n) is 3.30. The third-order valence-electron chi connectivity index (χ3n) is 4.81. The quantitative estimate of drug-likeness (QED) is 0.643. The van der Waals surface area contributed by atoms with Gasteiger partial charge in [0.1, 0.15) is 17.5 Å². The smallest absolute Gasteiger partial charge is 0.255 e. The molecule has 2 heterocycles. The second-order valence-corrected chi connectivity index (χ2v) is 6.87. The summed E-state index contributed by atoms with van der Waals surface area (Å²) in [6.45, 7) is 2.17. The summed E-state index contributed by atoms with van der Waals surface area (Å²) in [4.78, 5) is 19.0. The van der Waals surface area contributed by atoms with E-state index in [1.165, 1.54) is 36.9 Å². The Balaban J connectivity index is 1.44. The molecule has 1 aromatic heterocycles. The molecular formula is C22H20F2N4O. The zero-order valence-electron chi connectivity index (χ0n) is 15.7. The average Bonchev–Trinajstić information content (AvgIpc) is 3.26. The molecule has 0 saturated carbocycles. The molecule has 3 aromatic rings. The summed E-state index contributed by atoms with van der Waals surface area (Å²) in [6.07, 6.45) is 3.94. The molecule has 1 aliphatic heterocycles. The highest BCUT2D eigenvalue weighted by Crippen LogP contribution is 2.24. The minimum Gasteiger partial charge on any atom is -0.372 e. The summed E-state index contributed by atoms with van der Waals surface area (Å²) in [6, 6.07) is 14.1. The summed E-state index contributed by atoms with van der Waals surface area (Å²) in [5, 5.41) is 5.61. The lowest BCUT2D eigenvalue weighted by Gasteiger charge is -2.18. The first kappa shape index (κ1) is 18.9. The fraction of sp³-hybridized carbons (Fsp3) is 0.182. The molecule has 1 amide bonds. The highest BCUT2D eigenvalue weighted by Gasteiger charge is 2.13. The van der Waals surface area contributed by atoms with Crippen LogP contribution in [0.2, 0.25) is 0 Å². The van der Waals surface area contributed by atoms with Crippen molar-refractivity contribution < 1.29 is 13.6 Å². The molecule has 2 N–H and O–H groups in total. The first-order valence-electron chi connectivity index (χ1n) is 9.43. The van der Waals surface area contributed by atoms with E-state index in [0.717, 1.165) is 30.9 Å². The lowest BCUT2D eigenvalue weighted by molar-refractivity contribution is 0.102. The zero-order chi connectivity index (χ0) is 20.2. The Labute approximate surface area is 167 Å². The lowest BCUT2D eigenvalue weighted by Crippen LogP contribution is -2.17. The number of halogens is 2. The number of amides is 1. The van der Waals surface area contributed by atoms with Crippen LogP contribution in [-0.2, 0) is 0 Å². The summed E-state index contributed by atoms with van der Waals surface area (Å²) in [7, 11) is 0. The van der Waals surface area contributed by atoms with Gasteiger partial charge in [0.25, 0.3) is 5.91 Å². The minimum absolute atomic E-state index is 0.0831. The van der Waals surface area contributed by atoms with Gasteiger partial charge >= 0.3 is 0 Å². The van der Waals surface area contributed by atoms with Crippen LogP contribution < -0.4 is 15.5 Å². The van der Waals surface area contributed by atoms with Crippen LogP contribution in [0.1, 0.15) is 23.2 Å². The Morgan fingerprint density at radius 2 is 1.72 bits per heavy atom. The van der Waals surface area contributed by atoms with Gasteiger partial charge in [-0.3, -0.25) is 4.79 Å². The number of pyridine rings is 1. The van der Waals surface area contributed by atoms with Crippen molar-refractivity contribution in [2.75, 3.05) is 28.6 Å². The van der Waals surface area contributed by atoms with Crippen molar-refractivity contribution in [3.63, 3.8) is 0 Å². The van der Waals surface area contributed by atoms with Gasteiger partial charge in [-0.2, -0.15) is 0 Å². The molecule has 0 radical (unpaired) electrons. The van der Waals surface area contributed by atoms with Crippen LogP contribution in [0.5, 0.6) is 0 Å². The molecule has 5 nitrogen and oxygen atoms in total. The monoisotopic (exact) mass is 394 g/mol. The van der Waals surface area contributed by atoms with Crippen LogP contribution in [0.25, 0.3) is 0 Å². The molecule has 0 atom stereocenters. The number of anilines is 4. The highest BCUT2D eigenvalue weighted by atomic mass is 19.1. The maximum atomic E-state index is 13.8. The van der Waals surface area contributed by atoms with Gasteiger partial charge in [-0.25, -0.2) is 13.8 Å². The van der Waals surface area contributed by atoms with Crippen molar-refractivity contribution in [2.24, 2.45) is 0 Å². The second-order valence-electron chi connectivity index (χ2n) is 6.87. The minimum atomic E-state index is -0.830. The molecule has 0 bridgehead atoms. The van der Waals surface area contributed by atoms with Crippen molar-refractivity contribution in [3.8, 4) is 0 Å². The van der Waals surface area contributed by atoms with Crippen LogP contribution >= 0.6 is 0 Å². The molecule has 29 heavy (non-hydrogen) atoms. The van der Waals surface area contributed by atoms with Gasteiger partial charge in [-0.05, 0) is 61.4 Å². The third kappa shape index (κ3) is 4.51. The van der Waals surface area contributed by atoms with Gasteiger partial charge in [0.15, 0.2) is 0 Å². The van der Waals surface area contributed by atoms with Crippen LogP contribution in [0.4, 0.5) is 31.7 Å². The lowest BCUT2D eigenvalue weighted by atomic mass is 10.2. The highest BCUT2D eigenvalue weighted by molar-refractivity contribution is 6.04. The number of benzene rings is 2. The number of nitrogens with zero attached hydrogens (tertiary/aromatic N) is 2. The number of hydrogen-bond donors (Lipinski definition) is 2. The Bertz CT molecular complexity index is 1020. The number of carbonyl (C=O) groups excluding carboxylic acids is 1. The normalized spacial score (nSPS) is 13.4. The molecule has 1 aliphatic rings. The predicted molar refractivity (Wildman–Crippen MR) is 110 cm³/mol. The van der Waals surface area contributed by atoms with Crippen molar-refractivity contribution in [1.82, 2.24) is 4.98 Å². The van der Waals surface area contributed by atoms with Gasteiger partial charge in [0.05, 0.1) is 5.69 Å². The van der Waals surface area contributed by atoms with E-state index in [1.807, 2.05) is 12.1 Å². The van der Waals surface area contributed by atoms with E-state index in [9.17, 15) is 13.6 Å². The van der Waals surface area contributed by atoms with Gasteiger partial charge < -0.3 is 15.5 Å². The summed E-state index contributed by atoms with van der Waals surface area (Å²) < 4.78 is 26.8. The van der Waals surface area contributed by atoms with E-state index in [2.05, 4.69) is 32.7 Å². The van der Waals surface area contributed by atoms with E-state index >= 15 is 0 Å². The van der Waals surface area contributed by atoms with E-state index in [-0.39, 0.29) is 5.69 Å². The molecule has 2 aromatic carbocycles. The molecule has 4 rings (SSSR count). The molecule has 1 saturated heterocycles. The van der Waals surface area contributed by atoms with Crippen LogP contribution in [0, 0.1) is 11.6 Å². The molecule has 148 valence electrons. The third-order valence-corrected chi connectivity index (χ3v) is 4.81. The SMILES string of the molecule is O=C(Nc1ccc(F)cc1F)c1ccnc(Nc2ccc(N3CCCC3)cc2)c1. The average molecular weight is 394 g/mol. The molecule has 0 unspecified atom stereocenters. The Morgan fingerprint density at radius 3 is 2.45 bits per heavy atom. The van der Waals surface area contributed by atoms with Crippen molar-refractivity contribution >= 4 is 28.8 Å². The number of carbonyl (C=O) groups is 1. The van der Waals surface area contributed by atoms with Crippen LogP contribution in [0.3, 0.4) is 0 Å². The van der Waals surface area contributed by atoms with Gasteiger partial charge in [-0.15, -0.1) is 0 Å². The largest absolute Gasteiger partial charge is 0.372 e. The number of hydrogen-bond acceptors (Lipinski definition) is 4. The maximum Gasteiger partial charge on any atom is 0.255 e. The fourth-order valence-corrected chi connectivity index (χ4v) is 3.30. The standard InChI is InChI=1S/C22H20F2N4O/c23-16-3-8-20(19(24)14-16)27-22(29)15-9-10-25-21(13-15)26-17-4-6-18(7-5-17)28-11-1-2-12-28/h3-10,13-14H,1-2,11-12H2,(H,25,26)(H,27,29). The Kier molecular flexibility index (Phi) is 5.37. The molecule has 0 aliphatic carbocycles. The van der Waals surface area contributed by atoms with E-state index in [4.69, 9.17) is 0 Å². The van der Waals surface area contributed by atoms with Crippen molar-refractivity contribution in [1.29, 1.82) is 0 Å². The number of rotatable bonds is 5. The van der Waals surface area contributed by atoms with E-state index in [1.54, 1.807) is 6.07 Å². The zero-order valence-corrected chi connectivity index (χ0v) is 15.7. The summed E-state index contributed by atoms with van der Waals surface area (Å²) >= 11 is 0. The van der Waals surface area contributed by atoms with Gasteiger partial charge in [0.2, 0.25) is 0 Å². The maximum absolute atomic E-state index is 13.8. The van der Waals surface area contributed by atoms with Gasteiger partial charge in [-0.1, -0.05) is 0 Å². The predicted octanol–water partition coefficient (Wildman–Crippen LogP) is 4.96. The van der Waals surface area contributed by atoms with Crippen molar-refractivity contribution in [2.45, 2.75) is 12.8 Å². The summed E-state index contributed by atoms with van der Waals surface area (Å²) in [5.74, 6) is -1.55. The molecule has 1 fully saturated rings. The first-order chi connectivity index (χ1) is 14.1. The van der Waals surface area contributed by atoms with Gasteiger partial charge in [0, 0.05) is 42.3 Å². The Morgan fingerprint density at radius 1 is 0.966 bits per heavy atom. The topological polar surface area (TPSA) is 57.3 Å². The Hall–Kier alpha value is -3.48. The second kappa shape index (κ2) is 8.26. The molecule has 0 spiro atoms. The van der Waals surface area contributed by atoms with Crippen LogP contribution in [0.15, 0.2) is 60.8 Å². The number of aromatic nitrogens is 1. The molecule has 7 heteroatoms. The first-order valence-corrected chi connectivity index (χ1v) is 9.43. The summed E-state index contributed by atoms with van der Waals surface area (Å²) in [5.41, 5.74) is 2.26. The number of nitrogens with one attached hydrogen (secondary N) is 2. The van der Waals surface area contributed by atoms with E-state index < -0.39 is 17.5 Å². The van der Waals surface area contributed by atoms with Crippen molar-refractivity contribution in [3.05, 3.63) is 78.0 Å².